The van der Waals surface area contributed by atoms with Crippen molar-refractivity contribution >= 4 is 11.8 Å². The Labute approximate surface area is 130 Å². The van der Waals surface area contributed by atoms with E-state index < -0.39 is 0 Å². The maximum Gasteiger partial charge on any atom is 0.236 e. The predicted molar refractivity (Wildman–Crippen MR) is 81.9 cm³/mol. The molecule has 2 heterocycles. The van der Waals surface area contributed by atoms with Crippen molar-refractivity contribution in [1.82, 2.24) is 20.2 Å². The third-order valence-corrected chi connectivity index (χ3v) is 3.86. The molecule has 1 fully saturated rings. The van der Waals surface area contributed by atoms with E-state index in [9.17, 15) is 9.59 Å². The average Bonchev–Trinajstić information content (AvgIpc) is 3.00. The van der Waals surface area contributed by atoms with E-state index in [4.69, 9.17) is 5.73 Å². The Morgan fingerprint density at radius 3 is 2.91 bits per heavy atom. The van der Waals surface area contributed by atoms with Crippen LogP contribution in [0.3, 0.4) is 0 Å². The van der Waals surface area contributed by atoms with Crippen LogP contribution in [-0.2, 0) is 16.0 Å². The van der Waals surface area contributed by atoms with Crippen molar-refractivity contribution in [1.29, 1.82) is 0 Å². The Hall–Kier alpha value is -2.02. The molecule has 3 N–H and O–H groups in total. The number of carbonyl (C=O) groups excluding carboxylic acids is 2. The van der Waals surface area contributed by atoms with E-state index in [1.165, 1.54) is 0 Å². The Balaban J connectivity index is 2.18. The fourth-order valence-corrected chi connectivity index (χ4v) is 2.75. The van der Waals surface area contributed by atoms with E-state index in [0.29, 0.717) is 25.2 Å². The standard InChI is InChI=1S/C15H23N5O2/c1-10-8-11(5-6-13(21)17-2)19-15(18-10)12-4-3-7-20(12)14(22)9-16/h8,12H,3-7,9,16H2,1-2H3,(H,17,21)/t12-/m1/s1. The van der Waals surface area contributed by atoms with Crippen LogP contribution < -0.4 is 11.1 Å². The predicted octanol–water partition coefficient (Wildman–Crippen LogP) is 0.0858. The maximum absolute atomic E-state index is 11.9. The molecule has 1 saturated heterocycles. The number of nitrogens with zero attached hydrogens (tertiary/aromatic N) is 3. The first-order chi connectivity index (χ1) is 10.5. The number of hydrogen-bond donors (Lipinski definition) is 2. The SMILES string of the molecule is CNC(=O)CCc1cc(C)nc([C@H]2CCCN2C(=O)CN)n1. The highest BCUT2D eigenvalue weighted by molar-refractivity contribution is 5.78. The summed E-state index contributed by atoms with van der Waals surface area (Å²) in [5.74, 6) is 0.573. The van der Waals surface area contributed by atoms with Crippen LogP contribution in [0.2, 0.25) is 0 Å². The molecule has 7 heteroatoms. The molecule has 1 atom stereocenters. The van der Waals surface area contributed by atoms with Gasteiger partial charge in [-0.25, -0.2) is 9.97 Å². The molecule has 0 radical (unpaired) electrons. The zero-order valence-corrected chi connectivity index (χ0v) is 13.1. The molecule has 1 aromatic rings. The van der Waals surface area contributed by atoms with Crippen molar-refractivity contribution in [3.05, 3.63) is 23.3 Å². The highest BCUT2D eigenvalue weighted by Crippen LogP contribution is 2.30. The van der Waals surface area contributed by atoms with E-state index in [1.54, 1.807) is 11.9 Å². The van der Waals surface area contributed by atoms with Gasteiger partial charge >= 0.3 is 0 Å². The largest absolute Gasteiger partial charge is 0.359 e. The fourth-order valence-electron chi connectivity index (χ4n) is 2.75. The zero-order valence-electron chi connectivity index (χ0n) is 13.1. The van der Waals surface area contributed by atoms with Crippen molar-refractivity contribution in [2.75, 3.05) is 20.1 Å². The molecule has 7 nitrogen and oxygen atoms in total. The van der Waals surface area contributed by atoms with Gasteiger partial charge < -0.3 is 16.0 Å². The van der Waals surface area contributed by atoms with Crippen LogP contribution in [-0.4, -0.2) is 46.8 Å². The lowest BCUT2D eigenvalue weighted by molar-refractivity contribution is -0.130. The second-order valence-corrected chi connectivity index (χ2v) is 5.48. The van der Waals surface area contributed by atoms with Crippen LogP contribution in [0.5, 0.6) is 0 Å². The molecule has 0 bridgehead atoms. The number of nitrogens with two attached hydrogens (primary N) is 1. The Morgan fingerprint density at radius 2 is 2.23 bits per heavy atom. The van der Waals surface area contributed by atoms with Gasteiger partial charge in [0.2, 0.25) is 11.8 Å². The number of carbonyl (C=O) groups is 2. The monoisotopic (exact) mass is 305 g/mol. The molecule has 0 aliphatic carbocycles. The minimum Gasteiger partial charge on any atom is -0.359 e. The number of rotatable bonds is 5. The van der Waals surface area contributed by atoms with Gasteiger partial charge in [-0.2, -0.15) is 0 Å². The van der Waals surface area contributed by atoms with Crippen molar-refractivity contribution < 1.29 is 9.59 Å². The molecule has 0 aromatic carbocycles. The second kappa shape index (κ2) is 7.31. The van der Waals surface area contributed by atoms with E-state index in [0.717, 1.165) is 24.2 Å². The molecule has 1 aromatic heterocycles. The molecular weight excluding hydrogens is 282 g/mol. The first-order valence-corrected chi connectivity index (χ1v) is 7.59. The summed E-state index contributed by atoms with van der Waals surface area (Å²) < 4.78 is 0. The number of amides is 2. The fraction of sp³-hybridized carbons (Fsp3) is 0.600. The van der Waals surface area contributed by atoms with Gasteiger partial charge in [-0.3, -0.25) is 9.59 Å². The first kappa shape index (κ1) is 16.4. The topological polar surface area (TPSA) is 101 Å². The number of hydrogen-bond acceptors (Lipinski definition) is 5. The van der Waals surface area contributed by atoms with E-state index in [2.05, 4.69) is 15.3 Å². The van der Waals surface area contributed by atoms with Crippen LogP contribution >= 0.6 is 0 Å². The van der Waals surface area contributed by atoms with Crippen molar-refractivity contribution in [3.8, 4) is 0 Å². The molecule has 2 rings (SSSR count). The molecule has 1 aliphatic rings. The van der Waals surface area contributed by atoms with Gasteiger partial charge in [-0.05, 0) is 32.3 Å². The summed E-state index contributed by atoms with van der Waals surface area (Å²) in [4.78, 5) is 34.1. The number of likely N-dealkylation sites (tertiary alicyclic amines) is 1. The van der Waals surface area contributed by atoms with Gasteiger partial charge in [-0.1, -0.05) is 0 Å². The summed E-state index contributed by atoms with van der Waals surface area (Å²) in [6.07, 6.45) is 2.74. The molecule has 22 heavy (non-hydrogen) atoms. The average molecular weight is 305 g/mol. The first-order valence-electron chi connectivity index (χ1n) is 7.59. The number of nitrogens with one attached hydrogen (secondary N) is 1. The lowest BCUT2D eigenvalue weighted by Crippen LogP contribution is -2.36. The third kappa shape index (κ3) is 3.79. The summed E-state index contributed by atoms with van der Waals surface area (Å²) in [5, 5.41) is 2.60. The van der Waals surface area contributed by atoms with Gasteiger partial charge in [0.05, 0.1) is 12.6 Å². The lowest BCUT2D eigenvalue weighted by Gasteiger charge is -2.23. The zero-order chi connectivity index (χ0) is 16.1. The van der Waals surface area contributed by atoms with E-state index in [-0.39, 0.29) is 24.4 Å². The van der Waals surface area contributed by atoms with Crippen LogP contribution in [0.25, 0.3) is 0 Å². The van der Waals surface area contributed by atoms with Crippen LogP contribution in [0.4, 0.5) is 0 Å². The molecule has 0 saturated carbocycles. The van der Waals surface area contributed by atoms with Gasteiger partial charge in [0.25, 0.3) is 0 Å². The molecular formula is C15H23N5O2. The normalized spacial score (nSPS) is 17.6. The summed E-state index contributed by atoms with van der Waals surface area (Å²) >= 11 is 0. The lowest BCUT2D eigenvalue weighted by atomic mass is 10.1. The number of aryl methyl sites for hydroxylation is 2. The number of aromatic nitrogens is 2. The van der Waals surface area contributed by atoms with Crippen molar-refractivity contribution in [3.63, 3.8) is 0 Å². The van der Waals surface area contributed by atoms with Crippen LogP contribution in [0.1, 0.15) is 42.5 Å². The highest BCUT2D eigenvalue weighted by Gasteiger charge is 2.31. The quantitative estimate of drug-likeness (QED) is 0.802. The summed E-state index contributed by atoms with van der Waals surface area (Å²) in [6.45, 7) is 2.61. The van der Waals surface area contributed by atoms with Gasteiger partial charge in [0.1, 0.15) is 0 Å². The van der Waals surface area contributed by atoms with Crippen LogP contribution in [0.15, 0.2) is 6.07 Å². The Bertz CT molecular complexity index is 561. The van der Waals surface area contributed by atoms with E-state index >= 15 is 0 Å². The van der Waals surface area contributed by atoms with Crippen LogP contribution in [0, 0.1) is 6.92 Å². The molecule has 1 aliphatic heterocycles. The van der Waals surface area contributed by atoms with Gasteiger partial charge in [0.15, 0.2) is 5.82 Å². The maximum atomic E-state index is 11.9. The minimum atomic E-state index is -0.102. The van der Waals surface area contributed by atoms with Crippen molar-refractivity contribution in [2.24, 2.45) is 5.73 Å². The molecule has 2 amide bonds. The Morgan fingerprint density at radius 1 is 1.45 bits per heavy atom. The smallest absolute Gasteiger partial charge is 0.236 e. The summed E-state index contributed by atoms with van der Waals surface area (Å²) in [5.41, 5.74) is 7.15. The highest BCUT2D eigenvalue weighted by atomic mass is 16.2. The van der Waals surface area contributed by atoms with Crippen molar-refractivity contribution in [2.45, 2.75) is 38.6 Å². The van der Waals surface area contributed by atoms with Gasteiger partial charge in [-0.15, -0.1) is 0 Å². The molecule has 0 spiro atoms. The third-order valence-electron chi connectivity index (χ3n) is 3.86. The molecule has 120 valence electrons. The Kier molecular flexibility index (Phi) is 5.43. The molecule has 0 unspecified atom stereocenters. The van der Waals surface area contributed by atoms with E-state index in [1.807, 2.05) is 13.0 Å². The van der Waals surface area contributed by atoms with Gasteiger partial charge in [0, 0.05) is 31.4 Å². The summed E-state index contributed by atoms with van der Waals surface area (Å²) in [7, 11) is 1.62. The minimum absolute atomic E-state index is 0.00580. The second-order valence-electron chi connectivity index (χ2n) is 5.48. The summed E-state index contributed by atoms with van der Waals surface area (Å²) in [6, 6.07) is 1.78.